The van der Waals surface area contributed by atoms with Gasteiger partial charge in [-0.15, -0.1) is 0 Å². The molecule has 0 atom stereocenters. The number of aryl methyl sites for hydroxylation is 1. The number of nitrogens with one attached hydrogen (secondary N) is 1. The number of halogens is 1. The first-order valence-corrected chi connectivity index (χ1v) is 8.12. The second kappa shape index (κ2) is 7.46. The molecule has 1 aromatic carbocycles. The van der Waals surface area contributed by atoms with Crippen molar-refractivity contribution in [2.45, 2.75) is 20.0 Å². The van der Waals surface area contributed by atoms with E-state index in [0.717, 1.165) is 18.0 Å². The van der Waals surface area contributed by atoms with Gasteiger partial charge in [0.1, 0.15) is 23.9 Å². The number of benzene rings is 1. The molecule has 24 heavy (non-hydrogen) atoms. The van der Waals surface area contributed by atoms with Gasteiger partial charge in [-0.1, -0.05) is 18.5 Å². The molecule has 0 bridgehead atoms. The van der Waals surface area contributed by atoms with Crippen LogP contribution in [0.1, 0.15) is 24.3 Å². The molecule has 1 N–H and O–H groups in total. The highest BCUT2D eigenvalue weighted by Crippen LogP contribution is 2.17. The van der Waals surface area contributed by atoms with E-state index in [-0.39, 0.29) is 0 Å². The third-order valence-electron chi connectivity index (χ3n) is 3.21. The van der Waals surface area contributed by atoms with Gasteiger partial charge in [-0.2, -0.15) is 14.9 Å². The molecular formula is C16H15ClN4O2S. The van der Waals surface area contributed by atoms with Gasteiger partial charge < -0.3 is 9.15 Å². The van der Waals surface area contributed by atoms with Gasteiger partial charge in [0.25, 0.3) is 0 Å². The predicted octanol–water partition coefficient (Wildman–Crippen LogP) is 4.21. The summed E-state index contributed by atoms with van der Waals surface area (Å²) in [7, 11) is 0. The summed E-state index contributed by atoms with van der Waals surface area (Å²) in [5.74, 6) is 2.78. The summed E-state index contributed by atoms with van der Waals surface area (Å²) < 4.78 is 13.3. The molecular weight excluding hydrogens is 348 g/mol. The molecule has 3 aromatic rings. The maximum Gasteiger partial charge on any atom is 0.216 e. The molecule has 0 aliphatic heterocycles. The predicted molar refractivity (Wildman–Crippen MR) is 94.3 cm³/mol. The van der Waals surface area contributed by atoms with Gasteiger partial charge >= 0.3 is 0 Å². The first kappa shape index (κ1) is 16.5. The highest BCUT2D eigenvalue weighted by Gasteiger charge is 2.04. The topological polar surface area (TPSA) is 68.3 Å². The quantitative estimate of drug-likeness (QED) is 0.526. The van der Waals surface area contributed by atoms with Crippen LogP contribution in [0.4, 0.5) is 0 Å². The van der Waals surface area contributed by atoms with E-state index in [1.165, 1.54) is 0 Å². The number of hydrogen-bond donors (Lipinski definition) is 1. The lowest BCUT2D eigenvalue weighted by Gasteiger charge is -2.03. The summed E-state index contributed by atoms with van der Waals surface area (Å²) in [6, 6.07) is 10.8. The third-order valence-corrected chi connectivity index (χ3v) is 3.73. The van der Waals surface area contributed by atoms with Crippen LogP contribution in [0.5, 0.6) is 5.75 Å². The lowest BCUT2D eigenvalue weighted by atomic mass is 10.3. The van der Waals surface area contributed by atoms with E-state index in [1.807, 2.05) is 19.1 Å². The minimum atomic E-state index is 0.320. The Hall–Kier alpha value is -2.38. The van der Waals surface area contributed by atoms with Crippen molar-refractivity contribution in [1.82, 2.24) is 14.9 Å². The number of aromatic nitrogens is 3. The zero-order chi connectivity index (χ0) is 16.9. The highest BCUT2D eigenvalue weighted by molar-refractivity contribution is 7.71. The summed E-state index contributed by atoms with van der Waals surface area (Å²) in [5.41, 5.74) is 0. The summed E-state index contributed by atoms with van der Waals surface area (Å²) in [5, 5.41) is 11.8. The van der Waals surface area contributed by atoms with Gasteiger partial charge in [0.15, 0.2) is 5.82 Å². The van der Waals surface area contributed by atoms with E-state index >= 15 is 0 Å². The Bertz CT molecular complexity index is 895. The van der Waals surface area contributed by atoms with Crippen LogP contribution >= 0.6 is 23.8 Å². The molecule has 0 spiro atoms. The van der Waals surface area contributed by atoms with Crippen molar-refractivity contribution in [2.24, 2.45) is 5.10 Å². The minimum absolute atomic E-state index is 0.320. The second-order valence-electron chi connectivity index (χ2n) is 4.90. The molecule has 0 fully saturated rings. The van der Waals surface area contributed by atoms with Crippen LogP contribution < -0.4 is 4.74 Å². The van der Waals surface area contributed by atoms with Crippen LogP contribution in [-0.2, 0) is 13.0 Å². The van der Waals surface area contributed by atoms with Gasteiger partial charge in [0, 0.05) is 11.4 Å². The monoisotopic (exact) mass is 362 g/mol. The summed E-state index contributed by atoms with van der Waals surface area (Å²) >= 11 is 11.0. The number of nitrogens with zero attached hydrogens (tertiary/aromatic N) is 3. The van der Waals surface area contributed by atoms with E-state index in [4.69, 9.17) is 33.0 Å². The lowest BCUT2D eigenvalue weighted by molar-refractivity contribution is 0.270. The summed E-state index contributed by atoms with van der Waals surface area (Å²) in [4.78, 5) is 0. The van der Waals surface area contributed by atoms with Crippen LogP contribution in [0.3, 0.4) is 0 Å². The normalized spacial score (nSPS) is 11.2. The number of aromatic amines is 1. The lowest BCUT2D eigenvalue weighted by Crippen LogP contribution is -1.97. The molecule has 0 aliphatic rings. The Labute approximate surface area is 148 Å². The molecule has 2 heterocycles. The Kier molecular flexibility index (Phi) is 5.12. The van der Waals surface area contributed by atoms with E-state index in [0.29, 0.717) is 27.9 Å². The summed E-state index contributed by atoms with van der Waals surface area (Å²) in [6.07, 6.45) is 2.32. The smallest absolute Gasteiger partial charge is 0.216 e. The third kappa shape index (κ3) is 3.93. The number of H-pyrrole nitrogens is 1. The first-order valence-electron chi connectivity index (χ1n) is 7.33. The van der Waals surface area contributed by atoms with E-state index in [1.54, 1.807) is 35.2 Å². The highest BCUT2D eigenvalue weighted by atomic mass is 35.5. The molecule has 2 aromatic heterocycles. The van der Waals surface area contributed by atoms with E-state index < -0.39 is 0 Å². The van der Waals surface area contributed by atoms with Gasteiger partial charge in [0.2, 0.25) is 4.77 Å². The largest absolute Gasteiger partial charge is 0.486 e. The van der Waals surface area contributed by atoms with Gasteiger partial charge in [-0.25, -0.2) is 0 Å². The Balaban J connectivity index is 1.65. The maximum atomic E-state index is 5.84. The number of hydrogen-bond acceptors (Lipinski definition) is 5. The molecule has 0 saturated carbocycles. The van der Waals surface area contributed by atoms with Crippen molar-refractivity contribution < 1.29 is 9.15 Å². The molecule has 8 heteroatoms. The maximum absolute atomic E-state index is 5.84. The van der Waals surface area contributed by atoms with E-state index in [9.17, 15) is 0 Å². The molecule has 124 valence electrons. The minimum Gasteiger partial charge on any atom is -0.486 e. The first-order chi connectivity index (χ1) is 11.7. The zero-order valence-corrected chi connectivity index (χ0v) is 14.5. The number of rotatable bonds is 6. The van der Waals surface area contributed by atoms with Crippen molar-refractivity contribution in [3.63, 3.8) is 0 Å². The van der Waals surface area contributed by atoms with E-state index in [2.05, 4.69) is 15.3 Å². The molecule has 6 nitrogen and oxygen atoms in total. The van der Waals surface area contributed by atoms with Crippen LogP contribution in [0, 0.1) is 4.77 Å². The fourth-order valence-corrected chi connectivity index (χ4v) is 2.34. The van der Waals surface area contributed by atoms with Crippen molar-refractivity contribution >= 4 is 30.0 Å². The fourth-order valence-electron chi connectivity index (χ4n) is 2.01. The molecule has 0 aliphatic carbocycles. The number of ether oxygens (including phenoxy) is 1. The molecule has 0 saturated heterocycles. The van der Waals surface area contributed by atoms with Crippen molar-refractivity contribution in [3.05, 3.63) is 63.5 Å². The van der Waals surface area contributed by atoms with Gasteiger partial charge in [-0.05, 0) is 48.6 Å². The van der Waals surface area contributed by atoms with Crippen LogP contribution in [0.25, 0.3) is 0 Å². The Morgan fingerprint density at radius 1 is 1.33 bits per heavy atom. The summed E-state index contributed by atoms with van der Waals surface area (Å²) in [6.45, 7) is 2.30. The van der Waals surface area contributed by atoms with Crippen molar-refractivity contribution in [2.75, 3.05) is 0 Å². The number of furan rings is 1. The fraction of sp³-hybridized carbons (Fsp3) is 0.188. The van der Waals surface area contributed by atoms with Crippen LogP contribution in [-0.4, -0.2) is 21.1 Å². The Morgan fingerprint density at radius 3 is 2.88 bits per heavy atom. The molecule has 0 unspecified atom stereocenters. The van der Waals surface area contributed by atoms with Gasteiger partial charge in [0.05, 0.1) is 6.21 Å². The Morgan fingerprint density at radius 2 is 2.12 bits per heavy atom. The van der Waals surface area contributed by atoms with Crippen molar-refractivity contribution in [3.8, 4) is 5.75 Å². The zero-order valence-electron chi connectivity index (χ0n) is 12.9. The van der Waals surface area contributed by atoms with Crippen LogP contribution in [0.2, 0.25) is 5.02 Å². The average molecular weight is 363 g/mol. The van der Waals surface area contributed by atoms with Crippen LogP contribution in [0.15, 0.2) is 45.9 Å². The van der Waals surface area contributed by atoms with Gasteiger partial charge in [-0.3, -0.25) is 5.10 Å². The molecule has 0 radical (unpaired) electrons. The van der Waals surface area contributed by atoms with Crippen molar-refractivity contribution in [1.29, 1.82) is 0 Å². The second-order valence-corrected chi connectivity index (χ2v) is 5.72. The standard InChI is InChI=1S/C16H15ClN4O2S/c1-2-15-19-20-16(24)21(15)18-9-13-7-8-14(23-13)10-22-12-5-3-11(17)4-6-12/h3-9H,2,10H2,1H3,(H,20,24)/b18-9-. The SMILES string of the molecule is CCc1n[nH]c(=S)n1/N=C\c1ccc(COc2ccc(Cl)cc2)o1. The molecule has 0 amide bonds. The molecule has 3 rings (SSSR count). The average Bonchev–Trinajstić information content (AvgIpc) is 3.18.